The highest BCUT2D eigenvalue weighted by molar-refractivity contribution is 7.21. The fourth-order valence-corrected chi connectivity index (χ4v) is 4.14. The summed E-state index contributed by atoms with van der Waals surface area (Å²) >= 11 is 1.16. The molecule has 0 saturated carbocycles. The molecule has 1 heterocycles. The third-order valence-corrected chi connectivity index (χ3v) is 5.66. The van der Waals surface area contributed by atoms with Crippen LogP contribution in [0, 0.1) is 19.7 Å². The van der Waals surface area contributed by atoms with Crippen molar-refractivity contribution in [1.82, 2.24) is 0 Å². The molecule has 0 radical (unpaired) electrons. The minimum Gasteiger partial charge on any atom is -0.451 e. The molecule has 4 nitrogen and oxygen atoms in total. The second-order valence-electron chi connectivity index (χ2n) is 6.26. The van der Waals surface area contributed by atoms with Crippen molar-refractivity contribution >= 4 is 39.0 Å². The van der Waals surface area contributed by atoms with Gasteiger partial charge in [-0.3, -0.25) is 4.79 Å². The second kappa shape index (κ2) is 7.88. The molecule has 0 aliphatic heterocycles. The summed E-state index contributed by atoms with van der Waals surface area (Å²) in [5.74, 6) is -1.40. The normalized spacial score (nSPS) is 10.8. The number of para-hydroxylation sites is 1. The Morgan fingerprint density at radius 2 is 1.89 bits per heavy atom. The number of rotatable bonds is 5. The maximum Gasteiger partial charge on any atom is 0.349 e. The van der Waals surface area contributed by atoms with Crippen molar-refractivity contribution in [2.45, 2.75) is 27.2 Å². The Morgan fingerprint density at radius 1 is 1.15 bits per heavy atom. The zero-order chi connectivity index (χ0) is 19.6. The molecule has 27 heavy (non-hydrogen) atoms. The van der Waals surface area contributed by atoms with Crippen LogP contribution in [0.4, 0.5) is 10.1 Å². The number of amides is 1. The van der Waals surface area contributed by atoms with Gasteiger partial charge in [-0.05, 0) is 49.1 Å². The van der Waals surface area contributed by atoms with E-state index in [1.807, 2.05) is 32.0 Å². The van der Waals surface area contributed by atoms with Crippen LogP contribution in [-0.2, 0) is 16.0 Å². The van der Waals surface area contributed by atoms with Crippen molar-refractivity contribution in [3.8, 4) is 0 Å². The third kappa shape index (κ3) is 3.85. The van der Waals surface area contributed by atoms with Gasteiger partial charge < -0.3 is 10.1 Å². The van der Waals surface area contributed by atoms with Crippen LogP contribution in [0.1, 0.15) is 33.3 Å². The molecule has 0 fully saturated rings. The summed E-state index contributed by atoms with van der Waals surface area (Å²) in [6, 6.07) is 10.5. The zero-order valence-electron chi connectivity index (χ0n) is 15.4. The van der Waals surface area contributed by atoms with Crippen molar-refractivity contribution in [3.63, 3.8) is 0 Å². The number of hydrogen-bond donors (Lipinski definition) is 1. The Hall–Kier alpha value is -2.73. The first-order chi connectivity index (χ1) is 12.9. The van der Waals surface area contributed by atoms with Gasteiger partial charge >= 0.3 is 5.97 Å². The minimum absolute atomic E-state index is 0.313. The number of aryl methyl sites for hydroxylation is 3. The lowest BCUT2D eigenvalue weighted by atomic mass is 10.1. The maximum absolute atomic E-state index is 14.0. The first kappa shape index (κ1) is 19.0. The molecule has 1 aromatic heterocycles. The quantitative estimate of drug-likeness (QED) is 0.628. The summed E-state index contributed by atoms with van der Waals surface area (Å²) in [6.07, 6.45) is 0.781. The molecule has 0 aliphatic rings. The number of fused-ring (bicyclic) bond motifs is 1. The highest BCUT2D eigenvalue weighted by Crippen LogP contribution is 2.33. The van der Waals surface area contributed by atoms with Crippen molar-refractivity contribution < 1.29 is 18.7 Å². The lowest BCUT2D eigenvalue weighted by molar-refractivity contribution is -0.119. The highest BCUT2D eigenvalue weighted by Gasteiger charge is 2.20. The molecule has 0 atom stereocenters. The van der Waals surface area contributed by atoms with Crippen molar-refractivity contribution in [3.05, 3.63) is 63.8 Å². The van der Waals surface area contributed by atoms with E-state index < -0.39 is 18.5 Å². The standard InChI is InChI=1S/C21H20FNO3S/c1-4-14-8-5-7-12(2)19(14)23-17(24)11-26-21(25)20-13(3)18-15(22)9-6-10-16(18)27-20/h5-10H,4,11H2,1-3H3,(H,23,24). The van der Waals surface area contributed by atoms with Gasteiger partial charge in [0, 0.05) is 15.8 Å². The van der Waals surface area contributed by atoms with E-state index in [4.69, 9.17) is 4.74 Å². The van der Waals surface area contributed by atoms with Gasteiger partial charge in [0.05, 0.1) is 0 Å². The molecule has 0 unspecified atom stereocenters. The third-order valence-electron chi connectivity index (χ3n) is 4.43. The minimum atomic E-state index is -0.622. The van der Waals surface area contributed by atoms with E-state index in [9.17, 15) is 14.0 Å². The molecule has 140 valence electrons. The Morgan fingerprint density at radius 3 is 2.59 bits per heavy atom. The van der Waals surface area contributed by atoms with Gasteiger partial charge in [0.2, 0.25) is 0 Å². The highest BCUT2D eigenvalue weighted by atomic mass is 32.1. The average Bonchev–Trinajstić information content (AvgIpc) is 2.99. The zero-order valence-corrected chi connectivity index (χ0v) is 16.2. The van der Waals surface area contributed by atoms with E-state index in [-0.39, 0.29) is 5.82 Å². The smallest absolute Gasteiger partial charge is 0.349 e. The molecule has 0 bridgehead atoms. The van der Waals surface area contributed by atoms with Crippen LogP contribution in [0.3, 0.4) is 0 Å². The number of carbonyl (C=O) groups is 2. The molecule has 1 N–H and O–H groups in total. The largest absolute Gasteiger partial charge is 0.451 e. The Balaban J connectivity index is 1.70. The van der Waals surface area contributed by atoms with Gasteiger partial charge in [0.25, 0.3) is 5.91 Å². The number of carbonyl (C=O) groups excluding carboxylic acids is 2. The van der Waals surface area contributed by atoms with Gasteiger partial charge in [-0.25, -0.2) is 9.18 Å². The number of halogens is 1. The van der Waals surface area contributed by atoms with Crippen molar-refractivity contribution in [2.24, 2.45) is 0 Å². The predicted molar refractivity (Wildman–Crippen MR) is 106 cm³/mol. The number of esters is 1. The molecule has 0 saturated heterocycles. The van der Waals surface area contributed by atoms with Crippen LogP contribution in [0.15, 0.2) is 36.4 Å². The van der Waals surface area contributed by atoms with E-state index in [0.29, 0.717) is 20.5 Å². The van der Waals surface area contributed by atoms with E-state index in [0.717, 1.165) is 34.6 Å². The average molecular weight is 385 g/mol. The number of ether oxygens (including phenoxy) is 1. The van der Waals surface area contributed by atoms with Gasteiger partial charge in [0.15, 0.2) is 6.61 Å². The number of benzene rings is 2. The van der Waals surface area contributed by atoms with Crippen LogP contribution >= 0.6 is 11.3 Å². The first-order valence-electron chi connectivity index (χ1n) is 8.65. The van der Waals surface area contributed by atoms with Crippen molar-refractivity contribution in [1.29, 1.82) is 0 Å². The fourth-order valence-electron chi connectivity index (χ4n) is 3.02. The predicted octanol–water partition coefficient (Wildman–Crippen LogP) is 5.02. The number of anilines is 1. The van der Waals surface area contributed by atoms with Crippen LogP contribution in [0.25, 0.3) is 10.1 Å². The van der Waals surface area contributed by atoms with Crippen LogP contribution in [0.2, 0.25) is 0 Å². The number of hydrogen-bond acceptors (Lipinski definition) is 4. The van der Waals surface area contributed by atoms with Gasteiger partial charge in [-0.2, -0.15) is 0 Å². The molecule has 0 spiro atoms. The monoisotopic (exact) mass is 385 g/mol. The van der Waals surface area contributed by atoms with E-state index in [1.165, 1.54) is 6.07 Å². The summed E-state index contributed by atoms with van der Waals surface area (Å²) in [4.78, 5) is 24.9. The number of nitrogens with one attached hydrogen (secondary N) is 1. The molecule has 3 aromatic rings. The van der Waals surface area contributed by atoms with Gasteiger partial charge in [0.1, 0.15) is 10.7 Å². The van der Waals surface area contributed by atoms with Crippen LogP contribution in [0.5, 0.6) is 0 Å². The summed E-state index contributed by atoms with van der Waals surface area (Å²) in [5, 5.41) is 3.24. The molecular weight excluding hydrogens is 365 g/mol. The second-order valence-corrected chi connectivity index (χ2v) is 7.31. The van der Waals surface area contributed by atoms with Gasteiger partial charge in [-0.15, -0.1) is 11.3 Å². The fraction of sp³-hybridized carbons (Fsp3) is 0.238. The number of thiophene rings is 1. The Kier molecular flexibility index (Phi) is 5.56. The molecule has 3 rings (SSSR count). The van der Waals surface area contributed by atoms with Gasteiger partial charge in [-0.1, -0.05) is 31.2 Å². The Bertz CT molecular complexity index is 1030. The maximum atomic E-state index is 14.0. The topological polar surface area (TPSA) is 55.4 Å². The van der Waals surface area contributed by atoms with E-state index >= 15 is 0 Å². The van der Waals surface area contributed by atoms with E-state index in [2.05, 4.69) is 5.32 Å². The summed E-state index contributed by atoms with van der Waals surface area (Å²) in [6.45, 7) is 5.20. The molecular formula is C21H20FNO3S. The molecule has 0 aliphatic carbocycles. The van der Waals surface area contributed by atoms with E-state index in [1.54, 1.807) is 19.1 Å². The van der Waals surface area contributed by atoms with Crippen molar-refractivity contribution in [2.75, 3.05) is 11.9 Å². The van der Waals surface area contributed by atoms with Crippen LogP contribution in [-0.4, -0.2) is 18.5 Å². The summed E-state index contributed by atoms with van der Waals surface area (Å²) in [7, 11) is 0. The summed E-state index contributed by atoms with van der Waals surface area (Å²) < 4.78 is 19.8. The van der Waals surface area contributed by atoms with Crippen LogP contribution < -0.4 is 5.32 Å². The SMILES string of the molecule is CCc1cccc(C)c1NC(=O)COC(=O)c1sc2cccc(F)c2c1C. The lowest BCUT2D eigenvalue weighted by Crippen LogP contribution is -2.22. The summed E-state index contributed by atoms with van der Waals surface area (Å²) in [5.41, 5.74) is 3.25. The lowest BCUT2D eigenvalue weighted by Gasteiger charge is -2.13. The molecule has 6 heteroatoms. The molecule has 1 amide bonds. The Labute approximate surface area is 161 Å². The molecule has 2 aromatic carbocycles. The first-order valence-corrected chi connectivity index (χ1v) is 9.47.